The van der Waals surface area contributed by atoms with E-state index in [1.54, 1.807) is 11.8 Å². The molecule has 2 aliphatic rings. The van der Waals surface area contributed by atoms with E-state index < -0.39 is 17.9 Å². The van der Waals surface area contributed by atoms with Crippen molar-refractivity contribution >= 4 is 21.8 Å². The van der Waals surface area contributed by atoms with Crippen LogP contribution in [0.2, 0.25) is 0 Å². The summed E-state index contributed by atoms with van der Waals surface area (Å²) in [5.41, 5.74) is 2.88. The molecule has 3 heterocycles. The summed E-state index contributed by atoms with van der Waals surface area (Å²) in [6.45, 7) is 8.95. The second-order valence-electron chi connectivity index (χ2n) is 8.81. The molecule has 0 aromatic carbocycles. The molecule has 0 bridgehead atoms. The average Bonchev–Trinajstić information content (AvgIpc) is 3.46. The highest BCUT2D eigenvalue weighted by Crippen LogP contribution is 2.47. The van der Waals surface area contributed by atoms with Gasteiger partial charge in [-0.3, -0.25) is 19.1 Å². The SMILES string of the molecule is Cc1nn(C)c(C)c1CN1CCN(C(=O)C(C)n2nc(C(F)(F)F)c(Br)c2C2CC2)CC1. The largest absolute Gasteiger partial charge is 0.436 e. The Morgan fingerprint density at radius 1 is 1.16 bits per heavy atom. The Bertz CT molecular complexity index is 1020. The normalized spacial score (nSPS) is 18.9. The molecule has 2 aromatic rings. The first-order valence-electron chi connectivity index (χ1n) is 10.8. The number of amides is 1. The number of carbonyl (C=O) groups is 1. The molecule has 0 N–H and O–H groups in total. The van der Waals surface area contributed by atoms with Crippen LogP contribution in [-0.2, 0) is 24.6 Å². The second-order valence-corrected chi connectivity index (χ2v) is 9.61. The molecule has 1 unspecified atom stereocenters. The number of carbonyl (C=O) groups excluding carboxylic acids is 1. The monoisotopic (exact) mass is 516 g/mol. The number of aryl methyl sites for hydroxylation is 2. The minimum absolute atomic E-state index is 0.0195. The zero-order valence-corrected chi connectivity index (χ0v) is 20.3. The van der Waals surface area contributed by atoms with Crippen molar-refractivity contribution in [2.75, 3.05) is 26.2 Å². The third-order valence-corrected chi connectivity index (χ3v) is 7.35. The first kappa shape index (κ1) is 23.3. The molecular formula is C21H28BrF3N6O. The number of piperazine rings is 1. The van der Waals surface area contributed by atoms with Crippen LogP contribution < -0.4 is 0 Å². The van der Waals surface area contributed by atoms with Gasteiger partial charge in [0.15, 0.2) is 5.69 Å². The molecule has 32 heavy (non-hydrogen) atoms. The van der Waals surface area contributed by atoms with Crippen LogP contribution in [0.1, 0.15) is 60.1 Å². The van der Waals surface area contributed by atoms with Crippen molar-refractivity contribution in [1.82, 2.24) is 29.4 Å². The van der Waals surface area contributed by atoms with E-state index in [0.29, 0.717) is 31.9 Å². The van der Waals surface area contributed by atoms with E-state index in [0.717, 1.165) is 30.8 Å². The fourth-order valence-corrected chi connectivity index (χ4v) is 5.20. The van der Waals surface area contributed by atoms with Crippen LogP contribution in [0, 0.1) is 13.8 Å². The van der Waals surface area contributed by atoms with Crippen LogP contribution in [-0.4, -0.2) is 61.4 Å². The maximum absolute atomic E-state index is 13.4. The molecule has 4 rings (SSSR count). The summed E-state index contributed by atoms with van der Waals surface area (Å²) in [6.07, 6.45) is -2.94. The zero-order valence-electron chi connectivity index (χ0n) is 18.7. The van der Waals surface area contributed by atoms with Gasteiger partial charge in [0.2, 0.25) is 5.91 Å². The van der Waals surface area contributed by atoms with Crippen LogP contribution in [0.15, 0.2) is 4.47 Å². The Hall–Kier alpha value is -1.88. The lowest BCUT2D eigenvalue weighted by Crippen LogP contribution is -2.50. The van der Waals surface area contributed by atoms with Crippen molar-refractivity contribution in [3.8, 4) is 0 Å². The molecule has 1 saturated carbocycles. The highest BCUT2D eigenvalue weighted by molar-refractivity contribution is 9.10. The molecule has 0 radical (unpaired) electrons. The molecule has 1 atom stereocenters. The minimum Gasteiger partial charge on any atom is -0.338 e. The van der Waals surface area contributed by atoms with E-state index in [9.17, 15) is 18.0 Å². The molecule has 1 aliphatic carbocycles. The van der Waals surface area contributed by atoms with Gasteiger partial charge in [-0.1, -0.05) is 0 Å². The van der Waals surface area contributed by atoms with Gasteiger partial charge in [-0.2, -0.15) is 23.4 Å². The number of hydrogen-bond donors (Lipinski definition) is 0. The van der Waals surface area contributed by atoms with Crippen molar-refractivity contribution in [3.63, 3.8) is 0 Å². The van der Waals surface area contributed by atoms with Gasteiger partial charge >= 0.3 is 6.18 Å². The lowest BCUT2D eigenvalue weighted by Gasteiger charge is -2.36. The van der Waals surface area contributed by atoms with Crippen molar-refractivity contribution in [1.29, 1.82) is 0 Å². The van der Waals surface area contributed by atoms with E-state index in [-0.39, 0.29) is 16.3 Å². The maximum atomic E-state index is 13.4. The van der Waals surface area contributed by atoms with E-state index in [4.69, 9.17) is 0 Å². The molecule has 0 spiro atoms. The Morgan fingerprint density at radius 2 is 1.78 bits per heavy atom. The van der Waals surface area contributed by atoms with Crippen molar-refractivity contribution in [3.05, 3.63) is 32.8 Å². The Labute approximate surface area is 193 Å². The van der Waals surface area contributed by atoms with Gasteiger partial charge in [0, 0.05) is 56.9 Å². The maximum Gasteiger partial charge on any atom is 0.436 e. The summed E-state index contributed by atoms with van der Waals surface area (Å²) in [5.74, 6) is -0.171. The number of nitrogens with zero attached hydrogens (tertiary/aromatic N) is 6. The van der Waals surface area contributed by atoms with E-state index in [2.05, 4.69) is 31.0 Å². The number of rotatable bonds is 5. The number of hydrogen-bond acceptors (Lipinski definition) is 4. The third-order valence-electron chi connectivity index (χ3n) is 6.57. The lowest BCUT2D eigenvalue weighted by atomic mass is 10.1. The molecule has 1 aliphatic heterocycles. The Morgan fingerprint density at radius 3 is 2.28 bits per heavy atom. The minimum atomic E-state index is -4.56. The summed E-state index contributed by atoms with van der Waals surface area (Å²) in [7, 11) is 1.93. The van der Waals surface area contributed by atoms with Gasteiger partial charge < -0.3 is 4.90 Å². The second kappa shape index (κ2) is 8.48. The molecule has 1 saturated heterocycles. The van der Waals surface area contributed by atoms with Crippen molar-refractivity contribution < 1.29 is 18.0 Å². The number of halogens is 4. The molecular weight excluding hydrogens is 489 g/mol. The lowest BCUT2D eigenvalue weighted by molar-refractivity contribution is -0.143. The van der Waals surface area contributed by atoms with Gasteiger partial charge in [-0.05, 0) is 49.5 Å². The summed E-state index contributed by atoms with van der Waals surface area (Å²) in [5, 5.41) is 8.29. The molecule has 11 heteroatoms. The van der Waals surface area contributed by atoms with Crippen molar-refractivity contribution in [2.45, 2.75) is 58.3 Å². The fraction of sp³-hybridized carbons (Fsp3) is 0.667. The zero-order chi connectivity index (χ0) is 23.4. The molecule has 2 fully saturated rings. The highest BCUT2D eigenvalue weighted by Gasteiger charge is 2.43. The molecule has 176 valence electrons. The number of alkyl halides is 3. The molecule has 1 amide bonds. The van der Waals surface area contributed by atoms with Gasteiger partial charge in [0.05, 0.1) is 15.9 Å². The predicted octanol–water partition coefficient (Wildman–Crippen LogP) is 3.80. The molecule has 2 aromatic heterocycles. The quantitative estimate of drug-likeness (QED) is 0.606. The molecule has 7 nitrogen and oxygen atoms in total. The average molecular weight is 517 g/mol. The van der Waals surface area contributed by atoms with Crippen LogP contribution in [0.5, 0.6) is 0 Å². The summed E-state index contributed by atoms with van der Waals surface area (Å²) < 4.78 is 43.4. The van der Waals surface area contributed by atoms with Crippen molar-refractivity contribution in [2.24, 2.45) is 7.05 Å². The van der Waals surface area contributed by atoms with Gasteiger partial charge in [0.25, 0.3) is 0 Å². The smallest absolute Gasteiger partial charge is 0.338 e. The number of aromatic nitrogens is 4. The van der Waals surface area contributed by atoms with Crippen LogP contribution in [0.25, 0.3) is 0 Å². The van der Waals surface area contributed by atoms with Gasteiger partial charge in [-0.15, -0.1) is 0 Å². The fourth-order valence-electron chi connectivity index (χ4n) is 4.39. The van der Waals surface area contributed by atoms with Gasteiger partial charge in [-0.25, -0.2) is 0 Å². The first-order valence-corrected chi connectivity index (χ1v) is 11.6. The summed E-state index contributed by atoms with van der Waals surface area (Å²) >= 11 is 3.10. The van der Waals surface area contributed by atoms with E-state index >= 15 is 0 Å². The standard InChI is InChI=1S/C21H28BrF3N6O/c1-12-16(13(2)28(4)26-12)11-29-7-9-30(10-8-29)20(32)14(3)31-18(15-5-6-15)17(22)19(27-31)21(23,24)25/h14-15H,5-11H2,1-4H3. The third kappa shape index (κ3) is 4.33. The van der Waals surface area contributed by atoms with Gasteiger partial charge in [0.1, 0.15) is 6.04 Å². The van der Waals surface area contributed by atoms with E-state index in [1.807, 2.05) is 25.6 Å². The van der Waals surface area contributed by atoms with Crippen LogP contribution in [0.4, 0.5) is 13.2 Å². The van der Waals surface area contributed by atoms with Crippen LogP contribution >= 0.6 is 15.9 Å². The predicted molar refractivity (Wildman–Crippen MR) is 116 cm³/mol. The Balaban J connectivity index is 1.45. The van der Waals surface area contributed by atoms with E-state index in [1.165, 1.54) is 10.2 Å². The summed E-state index contributed by atoms with van der Waals surface area (Å²) in [6, 6.07) is -0.785. The summed E-state index contributed by atoms with van der Waals surface area (Å²) in [4.78, 5) is 17.2. The Kier molecular flexibility index (Phi) is 6.17. The highest BCUT2D eigenvalue weighted by atomic mass is 79.9. The topological polar surface area (TPSA) is 59.2 Å². The first-order chi connectivity index (χ1) is 15.0. The van der Waals surface area contributed by atoms with Crippen LogP contribution in [0.3, 0.4) is 0 Å².